The van der Waals surface area contributed by atoms with Crippen molar-refractivity contribution in [2.45, 2.75) is 44.4 Å². The zero-order valence-electron chi connectivity index (χ0n) is 15.5. The van der Waals surface area contributed by atoms with Gasteiger partial charge in [-0.15, -0.1) is 11.8 Å². The van der Waals surface area contributed by atoms with Crippen molar-refractivity contribution in [3.05, 3.63) is 66.0 Å². The third-order valence-corrected chi connectivity index (χ3v) is 5.59. The lowest BCUT2D eigenvalue weighted by Gasteiger charge is -2.19. The Morgan fingerprint density at radius 1 is 0.960 bits per heavy atom. The first-order valence-electron chi connectivity index (χ1n) is 8.97. The first-order valence-corrected chi connectivity index (χ1v) is 10.2. The number of aryl methyl sites for hydroxylation is 1. The zero-order chi connectivity index (χ0) is 17.8. The average molecular weight is 351 g/mol. The van der Waals surface area contributed by atoms with Gasteiger partial charge in [0, 0.05) is 11.1 Å². The summed E-state index contributed by atoms with van der Waals surface area (Å²) in [6, 6.07) is 17.7. The summed E-state index contributed by atoms with van der Waals surface area (Å²) in [4.78, 5) is 1.29. The van der Waals surface area contributed by atoms with Gasteiger partial charge in [-0.2, -0.15) is 5.10 Å². The topological polar surface area (TPSA) is 17.8 Å². The molecule has 0 fully saturated rings. The highest BCUT2D eigenvalue weighted by Crippen LogP contribution is 2.32. The average Bonchev–Trinajstić information content (AvgIpc) is 3.09. The molecule has 0 saturated carbocycles. The van der Waals surface area contributed by atoms with Crippen molar-refractivity contribution in [1.29, 1.82) is 0 Å². The summed E-state index contributed by atoms with van der Waals surface area (Å²) in [7, 11) is 0. The Hall–Kier alpha value is -2.00. The Balaban J connectivity index is 2.10. The summed E-state index contributed by atoms with van der Waals surface area (Å²) in [5, 5.41) is 4.67. The molecule has 25 heavy (non-hydrogen) atoms. The van der Waals surface area contributed by atoms with Crippen molar-refractivity contribution < 1.29 is 0 Å². The summed E-state index contributed by atoms with van der Waals surface area (Å²) in [6.07, 6.45) is 6.46. The van der Waals surface area contributed by atoms with Gasteiger partial charge in [0.25, 0.3) is 0 Å². The molecule has 130 valence electrons. The highest BCUT2D eigenvalue weighted by molar-refractivity contribution is 7.98. The van der Waals surface area contributed by atoms with Crippen LogP contribution in [0.15, 0.2) is 59.6 Å². The molecule has 3 heteroatoms. The Morgan fingerprint density at radius 3 is 2.20 bits per heavy atom. The SMILES string of the molecule is CCC(CC)c1ccc(-c2ccc(SC)cc2)cc1-n1ccc(C)n1. The van der Waals surface area contributed by atoms with Crippen LogP contribution in [-0.2, 0) is 0 Å². The van der Waals surface area contributed by atoms with Crippen LogP contribution in [-0.4, -0.2) is 16.0 Å². The lowest BCUT2D eigenvalue weighted by Crippen LogP contribution is -2.05. The van der Waals surface area contributed by atoms with E-state index < -0.39 is 0 Å². The second kappa shape index (κ2) is 7.92. The number of hydrogen-bond acceptors (Lipinski definition) is 2. The minimum Gasteiger partial charge on any atom is -0.240 e. The molecular formula is C22H26N2S. The molecule has 0 saturated heterocycles. The lowest BCUT2D eigenvalue weighted by atomic mass is 9.90. The molecule has 1 heterocycles. The number of rotatable bonds is 6. The van der Waals surface area contributed by atoms with Crippen molar-refractivity contribution >= 4 is 11.8 Å². The van der Waals surface area contributed by atoms with Crippen LogP contribution in [0.4, 0.5) is 0 Å². The van der Waals surface area contributed by atoms with Gasteiger partial charge in [-0.05, 0) is 72.9 Å². The maximum Gasteiger partial charge on any atom is 0.0686 e. The van der Waals surface area contributed by atoms with E-state index in [1.165, 1.54) is 27.3 Å². The maximum absolute atomic E-state index is 4.67. The van der Waals surface area contributed by atoms with Gasteiger partial charge in [0.05, 0.1) is 11.4 Å². The van der Waals surface area contributed by atoms with Crippen LogP contribution in [0.3, 0.4) is 0 Å². The first-order chi connectivity index (χ1) is 12.2. The molecule has 0 spiro atoms. The van der Waals surface area contributed by atoms with E-state index in [1.54, 1.807) is 11.8 Å². The zero-order valence-corrected chi connectivity index (χ0v) is 16.3. The highest BCUT2D eigenvalue weighted by Gasteiger charge is 2.15. The number of hydrogen-bond donors (Lipinski definition) is 0. The van der Waals surface area contributed by atoms with E-state index >= 15 is 0 Å². The van der Waals surface area contributed by atoms with Crippen molar-refractivity contribution in [2.75, 3.05) is 6.26 Å². The van der Waals surface area contributed by atoms with E-state index in [0.717, 1.165) is 18.5 Å². The maximum atomic E-state index is 4.67. The van der Waals surface area contributed by atoms with Crippen LogP contribution in [0, 0.1) is 6.92 Å². The minimum absolute atomic E-state index is 0.562. The van der Waals surface area contributed by atoms with Crippen molar-refractivity contribution in [1.82, 2.24) is 9.78 Å². The number of thioether (sulfide) groups is 1. The monoisotopic (exact) mass is 350 g/mol. The van der Waals surface area contributed by atoms with Gasteiger partial charge in [-0.25, -0.2) is 4.68 Å². The fourth-order valence-electron chi connectivity index (χ4n) is 3.33. The predicted octanol–water partition coefficient (Wildman–Crippen LogP) is 6.47. The lowest BCUT2D eigenvalue weighted by molar-refractivity contribution is 0.634. The Bertz CT molecular complexity index is 829. The molecule has 0 atom stereocenters. The summed E-state index contributed by atoms with van der Waals surface area (Å²) >= 11 is 1.77. The van der Waals surface area contributed by atoms with Crippen molar-refractivity contribution in [2.24, 2.45) is 0 Å². The molecule has 3 aromatic rings. The molecule has 0 aliphatic rings. The second-order valence-electron chi connectivity index (χ2n) is 6.42. The summed E-state index contributed by atoms with van der Waals surface area (Å²) in [6.45, 7) is 6.57. The third-order valence-electron chi connectivity index (χ3n) is 4.85. The number of aromatic nitrogens is 2. The van der Waals surface area contributed by atoms with Crippen LogP contribution in [0.2, 0.25) is 0 Å². The highest BCUT2D eigenvalue weighted by atomic mass is 32.2. The van der Waals surface area contributed by atoms with Crippen molar-refractivity contribution in [3.63, 3.8) is 0 Å². The van der Waals surface area contributed by atoms with Gasteiger partial charge in [-0.1, -0.05) is 38.1 Å². The molecule has 0 unspecified atom stereocenters. The normalized spacial score (nSPS) is 11.2. The van der Waals surface area contributed by atoms with Gasteiger partial charge >= 0.3 is 0 Å². The molecule has 3 rings (SSSR count). The van der Waals surface area contributed by atoms with Crippen LogP contribution in [0.25, 0.3) is 16.8 Å². The van der Waals surface area contributed by atoms with E-state index in [2.05, 4.69) is 79.9 Å². The molecule has 0 aliphatic carbocycles. The molecule has 2 nitrogen and oxygen atoms in total. The third kappa shape index (κ3) is 3.82. The fourth-order valence-corrected chi connectivity index (χ4v) is 3.74. The van der Waals surface area contributed by atoms with Crippen LogP contribution >= 0.6 is 11.8 Å². The van der Waals surface area contributed by atoms with Gasteiger partial charge in [0.1, 0.15) is 0 Å². The van der Waals surface area contributed by atoms with Gasteiger partial charge < -0.3 is 0 Å². The summed E-state index contributed by atoms with van der Waals surface area (Å²) < 4.78 is 2.03. The van der Waals surface area contributed by atoms with E-state index in [1.807, 2.05) is 11.6 Å². The van der Waals surface area contributed by atoms with Gasteiger partial charge in [0.15, 0.2) is 0 Å². The van der Waals surface area contributed by atoms with Gasteiger partial charge in [-0.3, -0.25) is 0 Å². The molecule has 0 radical (unpaired) electrons. The quantitative estimate of drug-likeness (QED) is 0.474. The number of nitrogens with zero attached hydrogens (tertiary/aromatic N) is 2. The van der Waals surface area contributed by atoms with E-state index in [4.69, 9.17) is 0 Å². The van der Waals surface area contributed by atoms with Crippen LogP contribution in [0.5, 0.6) is 0 Å². The minimum atomic E-state index is 0.562. The largest absolute Gasteiger partial charge is 0.240 e. The van der Waals surface area contributed by atoms with Crippen LogP contribution in [0.1, 0.15) is 43.9 Å². The molecule has 0 amide bonds. The summed E-state index contributed by atoms with van der Waals surface area (Å²) in [5.74, 6) is 0.562. The summed E-state index contributed by atoms with van der Waals surface area (Å²) in [5.41, 5.74) is 6.13. The Kier molecular flexibility index (Phi) is 5.64. The van der Waals surface area contributed by atoms with Gasteiger partial charge in [0.2, 0.25) is 0 Å². The van der Waals surface area contributed by atoms with Crippen LogP contribution < -0.4 is 0 Å². The van der Waals surface area contributed by atoms with E-state index in [9.17, 15) is 0 Å². The predicted molar refractivity (Wildman–Crippen MR) is 109 cm³/mol. The molecule has 2 aromatic carbocycles. The second-order valence-corrected chi connectivity index (χ2v) is 7.30. The fraction of sp³-hybridized carbons (Fsp3) is 0.318. The smallest absolute Gasteiger partial charge is 0.0686 e. The molecule has 0 N–H and O–H groups in total. The number of benzene rings is 2. The molecule has 1 aromatic heterocycles. The standard InChI is InChI=1S/C22H26N2S/c1-5-17(6-2)21-12-9-19(18-7-10-20(25-4)11-8-18)15-22(21)24-14-13-16(3)23-24/h7-15,17H,5-6H2,1-4H3. The molecular weight excluding hydrogens is 324 g/mol. The Labute approximate surface area is 155 Å². The Morgan fingerprint density at radius 2 is 1.64 bits per heavy atom. The molecule has 0 bridgehead atoms. The van der Waals surface area contributed by atoms with E-state index in [0.29, 0.717) is 5.92 Å². The van der Waals surface area contributed by atoms with E-state index in [-0.39, 0.29) is 0 Å². The first kappa shape index (κ1) is 17.8. The van der Waals surface area contributed by atoms with Crippen molar-refractivity contribution in [3.8, 4) is 16.8 Å². The molecule has 0 aliphatic heterocycles.